The molecule has 1 heterocycles. The van der Waals surface area contributed by atoms with Crippen molar-refractivity contribution in [2.75, 3.05) is 10.6 Å². The number of nitrogens with two attached hydrogens (primary N) is 2. The third kappa shape index (κ3) is 4.70. The summed E-state index contributed by atoms with van der Waals surface area (Å²) in [6, 6.07) is 17.4. The maximum absolute atomic E-state index is 13.3. The second-order valence-electron chi connectivity index (χ2n) is 6.45. The Morgan fingerprint density at radius 2 is 1.79 bits per heavy atom. The van der Waals surface area contributed by atoms with Gasteiger partial charge < -0.3 is 21.1 Å². The first-order chi connectivity index (χ1) is 14.0. The van der Waals surface area contributed by atoms with Crippen LogP contribution in [0, 0.1) is 0 Å². The highest BCUT2D eigenvalue weighted by atomic mass is 16.5. The van der Waals surface area contributed by atoms with Gasteiger partial charge >= 0.3 is 0 Å². The Morgan fingerprint density at radius 3 is 2.48 bits per heavy atom. The number of hydrogen-bond acceptors (Lipinski definition) is 5. The summed E-state index contributed by atoms with van der Waals surface area (Å²) in [7, 11) is 0. The minimum atomic E-state index is -0.806. The zero-order valence-electron chi connectivity index (χ0n) is 16.0. The molecule has 3 aromatic rings. The average molecular weight is 390 g/mol. The Balaban J connectivity index is 1.95. The predicted octanol–water partition coefficient (Wildman–Crippen LogP) is 2.76. The van der Waals surface area contributed by atoms with E-state index in [1.165, 1.54) is 11.1 Å². The Bertz CT molecular complexity index is 1010. The Morgan fingerprint density at radius 1 is 1.07 bits per heavy atom. The fraction of sp³-hybridized carbons (Fsp3) is 0.136. The van der Waals surface area contributed by atoms with Gasteiger partial charge in [0.2, 0.25) is 5.91 Å². The first-order valence-corrected chi connectivity index (χ1v) is 9.07. The van der Waals surface area contributed by atoms with Crippen LogP contribution in [0.2, 0.25) is 0 Å². The smallest absolute Gasteiger partial charge is 0.268 e. The highest BCUT2D eigenvalue weighted by molar-refractivity contribution is 6.00. The van der Waals surface area contributed by atoms with Gasteiger partial charge in [-0.05, 0) is 42.8 Å². The Labute approximate surface area is 168 Å². The zero-order valence-corrected chi connectivity index (χ0v) is 16.0. The molecule has 0 aliphatic rings. The molecule has 0 saturated heterocycles. The minimum absolute atomic E-state index is 0.118. The number of carbonyl (C=O) groups excluding carboxylic acids is 2. The lowest BCUT2D eigenvalue weighted by atomic mass is 10.1. The summed E-state index contributed by atoms with van der Waals surface area (Å²) < 4.78 is 5.75. The van der Waals surface area contributed by atoms with E-state index in [1.54, 1.807) is 73.8 Å². The number of rotatable bonds is 7. The molecule has 0 saturated carbocycles. The van der Waals surface area contributed by atoms with Gasteiger partial charge in [-0.1, -0.05) is 30.3 Å². The molecular formula is C22H22N4O3. The molecule has 4 N–H and O–H groups in total. The van der Waals surface area contributed by atoms with E-state index >= 15 is 0 Å². The average Bonchev–Trinajstić information content (AvgIpc) is 2.73. The number of ether oxygens (including phenoxy) is 1. The van der Waals surface area contributed by atoms with Crippen molar-refractivity contribution in [2.45, 2.75) is 19.6 Å². The van der Waals surface area contributed by atoms with Crippen LogP contribution in [0.1, 0.15) is 22.8 Å². The highest BCUT2D eigenvalue weighted by Crippen LogP contribution is 2.27. The number of pyridine rings is 1. The molecule has 0 spiro atoms. The summed E-state index contributed by atoms with van der Waals surface area (Å²) in [4.78, 5) is 30.6. The summed E-state index contributed by atoms with van der Waals surface area (Å²) in [5.41, 5.74) is 13.6. The van der Waals surface area contributed by atoms with E-state index < -0.39 is 12.0 Å². The molecule has 0 aliphatic carbocycles. The van der Waals surface area contributed by atoms with Crippen molar-refractivity contribution in [3.05, 3.63) is 84.2 Å². The van der Waals surface area contributed by atoms with Gasteiger partial charge in [0, 0.05) is 11.8 Å². The van der Waals surface area contributed by atoms with Gasteiger partial charge in [0.1, 0.15) is 5.75 Å². The summed E-state index contributed by atoms with van der Waals surface area (Å²) in [6.07, 6.45) is 2.35. The fourth-order valence-electron chi connectivity index (χ4n) is 2.97. The van der Waals surface area contributed by atoms with Gasteiger partial charge in [-0.2, -0.15) is 0 Å². The maximum atomic E-state index is 13.3. The van der Waals surface area contributed by atoms with Gasteiger partial charge in [0.05, 0.1) is 24.1 Å². The van der Waals surface area contributed by atoms with E-state index in [4.69, 9.17) is 16.2 Å². The third-order valence-corrected chi connectivity index (χ3v) is 4.40. The Kier molecular flexibility index (Phi) is 6.09. The number of nitrogen functional groups attached to an aromatic ring is 1. The van der Waals surface area contributed by atoms with E-state index in [1.807, 2.05) is 0 Å². The zero-order chi connectivity index (χ0) is 20.8. The monoisotopic (exact) mass is 390 g/mol. The number of anilines is 2. The standard InChI is InChI=1S/C22H22N4O3/c1-15(29-17-8-6-12-25-13-17)22(28)26(20-11-5-4-10-19(20)23)14-16-7-2-3-9-18(16)21(24)27/h2-13,15H,14,23H2,1H3,(H2,24,27). The van der Waals surface area contributed by atoms with Crippen molar-refractivity contribution in [3.63, 3.8) is 0 Å². The number of carbonyl (C=O) groups is 2. The van der Waals surface area contributed by atoms with Crippen LogP contribution >= 0.6 is 0 Å². The number of amides is 2. The van der Waals surface area contributed by atoms with Crippen molar-refractivity contribution in [3.8, 4) is 5.75 Å². The molecule has 0 radical (unpaired) electrons. The van der Waals surface area contributed by atoms with Crippen LogP contribution < -0.4 is 21.1 Å². The quantitative estimate of drug-likeness (QED) is 0.603. The molecule has 0 aliphatic heterocycles. The number of hydrogen-bond donors (Lipinski definition) is 2. The number of benzene rings is 2. The molecular weight excluding hydrogens is 368 g/mol. The van der Waals surface area contributed by atoms with Gasteiger partial charge in [0.15, 0.2) is 6.10 Å². The van der Waals surface area contributed by atoms with Gasteiger partial charge in [0.25, 0.3) is 5.91 Å². The SMILES string of the molecule is CC(Oc1cccnc1)C(=O)N(Cc1ccccc1C(N)=O)c1ccccc1N. The molecule has 148 valence electrons. The van der Waals surface area contributed by atoms with Crippen LogP contribution in [0.15, 0.2) is 73.1 Å². The van der Waals surface area contributed by atoms with E-state index in [-0.39, 0.29) is 12.5 Å². The molecule has 3 rings (SSSR count). The van der Waals surface area contributed by atoms with Gasteiger partial charge in [-0.15, -0.1) is 0 Å². The summed E-state index contributed by atoms with van der Waals surface area (Å²) in [5.74, 6) is -0.397. The van der Waals surface area contributed by atoms with Crippen LogP contribution in [0.4, 0.5) is 11.4 Å². The summed E-state index contributed by atoms with van der Waals surface area (Å²) in [6.45, 7) is 1.77. The normalized spacial score (nSPS) is 11.5. The van der Waals surface area contributed by atoms with E-state index in [0.717, 1.165) is 0 Å². The van der Waals surface area contributed by atoms with Crippen LogP contribution in [0.5, 0.6) is 5.75 Å². The van der Waals surface area contributed by atoms with Gasteiger partial charge in [-0.3, -0.25) is 14.6 Å². The maximum Gasteiger partial charge on any atom is 0.268 e. The number of primary amides is 1. The first-order valence-electron chi connectivity index (χ1n) is 9.07. The number of nitrogens with zero attached hydrogens (tertiary/aromatic N) is 2. The molecule has 0 fully saturated rings. The fourth-order valence-corrected chi connectivity index (χ4v) is 2.97. The molecule has 1 aromatic heterocycles. The van der Waals surface area contributed by atoms with E-state index in [2.05, 4.69) is 4.98 Å². The third-order valence-electron chi connectivity index (χ3n) is 4.40. The van der Waals surface area contributed by atoms with Crippen molar-refractivity contribution in [1.82, 2.24) is 4.98 Å². The van der Waals surface area contributed by atoms with Crippen LogP contribution in [-0.2, 0) is 11.3 Å². The Hall–Kier alpha value is -3.87. The summed E-state index contributed by atoms with van der Waals surface area (Å²) in [5, 5.41) is 0. The highest BCUT2D eigenvalue weighted by Gasteiger charge is 2.26. The van der Waals surface area contributed by atoms with E-state index in [9.17, 15) is 9.59 Å². The molecule has 2 aromatic carbocycles. The van der Waals surface area contributed by atoms with Crippen LogP contribution in [-0.4, -0.2) is 22.9 Å². The van der Waals surface area contributed by atoms with Gasteiger partial charge in [-0.25, -0.2) is 0 Å². The van der Waals surface area contributed by atoms with Crippen molar-refractivity contribution >= 4 is 23.2 Å². The molecule has 29 heavy (non-hydrogen) atoms. The molecule has 0 bridgehead atoms. The van der Waals surface area contributed by atoms with Crippen LogP contribution in [0.25, 0.3) is 0 Å². The molecule has 1 atom stereocenters. The lowest BCUT2D eigenvalue weighted by Gasteiger charge is -2.28. The second-order valence-corrected chi connectivity index (χ2v) is 6.45. The molecule has 7 nitrogen and oxygen atoms in total. The molecule has 2 amide bonds. The molecule has 7 heteroatoms. The lowest BCUT2D eigenvalue weighted by Crippen LogP contribution is -2.41. The minimum Gasteiger partial charge on any atom is -0.479 e. The topological polar surface area (TPSA) is 112 Å². The largest absolute Gasteiger partial charge is 0.479 e. The summed E-state index contributed by atoms with van der Waals surface area (Å²) >= 11 is 0. The number of para-hydroxylation sites is 2. The van der Waals surface area contributed by atoms with Crippen molar-refractivity contribution in [2.24, 2.45) is 5.73 Å². The number of aromatic nitrogens is 1. The van der Waals surface area contributed by atoms with Crippen molar-refractivity contribution < 1.29 is 14.3 Å². The predicted molar refractivity (Wildman–Crippen MR) is 111 cm³/mol. The van der Waals surface area contributed by atoms with Crippen molar-refractivity contribution in [1.29, 1.82) is 0 Å². The van der Waals surface area contributed by atoms with Crippen LogP contribution in [0.3, 0.4) is 0 Å². The second kappa shape index (κ2) is 8.88. The first kappa shape index (κ1) is 19.9. The molecule has 1 unspecified atom stereocenters. The lowest BCUT2D eigenvalue weighted by molar-refractivity contribution is -0.124. The van der Waals surface area contributed by atoms with E-state index in [0.29, 0.717) is 28.3 Å².